The van der Waals surface area contributed by atoms with Crippen molar-refractivity contribution < 1.29 is 5.11 Å². The van der Waals surface area contributed by atoms with Crippen molar-refractivity contribution in [1.82, 2.24) is 18.6 Å². The molecule has 0 saturated carbocycles. The maximum Gasteiger partial charge on any atom is 0.229 e. The van der Waals surface area contributed by atoms with Crippen molar-refractivity contribution in [1.29, 1.82) is 0 Å². The van der Waals surface area contributed by atoms with Gasteiger partial charge in [0.15, 0.2) is 0 Å². The Balaban J connectivity index is 1.91. The molecule has 0 bridgehead atoms. The molecule has 2 aromatic heterocycles. The highest BCUT2D eigenvalue weighted by Crippen LogP contribution is 2.55. The Morgan fingerprint density at radius 2 is 1.57 bits per heavy atom. The van der Waals surface area contributed by atoms with Gasteiger partial charge in [-0.15, -0.1) is 0 Å². The van der Waals surface area contributed by atoms with E-state index in [0.717, 1.165) is 11.3 Å². The molecule has 0 saturated heterocycles. The Morgan fingerprint density at radius 3 is 2.11 bits per heavy atom. The Kier molecular flexibility index (Phi) is 5.22. The Hall–Kier alpha value is -2.60. The molecule has 9 heteroatoms. The molecule has 0 spiro atoms. The van der Waals surface area contributed by atoms with Crippen LogP contribution in [0.2, 0.25) is 5.02 Å². The topological polar surface area (TPSA) is 59.1 Å². The van der Waals surface area contributed by atoms with Gasteiger partial charge in [-0.2, -0.15) is 0 Å². The minimum atomic E-state index is -2.64. The quantitative estimate of drug-likeness (QED) is 0.447. The predicted molar refractivity (Wildman–Crippen MR) is 115 cm³/mol. The van der Waals surface area contributed by atoms with Gasteiger partial charge >= 0.3 is 0 Å². The summed E-state index contributed by atoms with van der Waals surface area (Å²) in [5, 5.41) is 11.0. The number of anilines is 1. The summed E-state index contributed by atoms with van der Waals surface area (Å²) >= 11 is 12.4. The van der Waals surface area contributed by atoms with Crippen LogP contribution in [0.15, 0.2) is 86.0 Å². The van der Waals surface area contributed by atoms with Crippen LogP contribution in [-0.4, -0.2) is 23.7 Å². The van der Waals surface area contributed by atoms with E-state index >= 15 is 0 Å². The van der Waals surface area contributed by atoms with Crippen molar-refractivity contribution in [2.75, 3.05) is 4.67 Å². The van der Waals surface area contributed by atoms with E-state index in [0.29, 0.717) is 11.6 Å². The van der Waals surface area contributed by atoms with E-state index in [-0.39, 0.29) is 5.75 Å². The second kappa shape index (κ2) is 7.80. The van der Waals surface area contributed by atoms with E-state index in [1.54, 1.807) is 37.2 Å². The number of rotatable bonds is 6. The number of hydrogen-bond donors (Lipinski definition) is 1. The van der Waals surface area contributed by atoms with E-state index in [1.807, 2.05) is 57.5 Å². The molecular formula is C19H17ClN5OPS. The Morgan fingerprint density at radius 1 is 0.964 bits per heavy atom. The van der Waals surface area contributed by atoms with Crippen LogP contribution in [0, 0.1) is 0 Å². The first-order valence-electron chi connectivity index (χ1n) is 8.47. The van der Waals surface area contributed by atoms with Gasteiger partial charge in [0, 0.05) is 41.1 Å². The number of para-hydroxylation sites is 1. The normalized spacial score (nSPS) is 11.5. The van der Waals surface area contributed by atoms with Gasteiger partial charge < -0.3 is 9.78 Å². The van der Waals surface area contributed by atoms with Gasteiger partial charge in [-0.25, -0.2) is 9.97 Å². The first-order valence-corrected chi connectivity index (χ1v) is 11.5. The van der Waals surface area contributed by atoms with Crippen LogP contribution in [0.1, 0.15) is 5.56 Å². The molecule has 0 radical (unpaired) electrons. The first kappa shape index (κ1) is 18.7. The minimum Gasteiger partial charge on any atom is -0.508 e. The van der Waals surface area contributed by atoms with E-state index in [9.17, 15) is 5.11 Å². The lowest BCUT2D eigenvalue weighted by Gasteiger charge is -2.38. The molecule has 4 rings (SSSR count). The summed E-state index contributed by atoms with van der Waals surface area (Å²) < 4.78 is 5.95. The standard InChI is InChI=1S/C19H17ClN5OPS/c20-17-5-7-18(8-6-17)25(13-16-3-1-2-4-19(16)26)27(28,23-11-9-21-14-23)24-12-10-22-15-24/h1-12,14-15,26H,13H2. The zero-order valence-electron chi connectivity index (χ0n) is 14.7. The fraction of sp³-hybridized carbons (Fsp3) is 0.0526. The monoisotopic (exact) mass is 429 g/mol. The van der Waals surface area contributed by atoms with Crippen LogP contribution in [0.5, 0.6) is 5.75 Å². The third kappa shape index (κ3) is 3.44. The summed E-state index contributed by atoms with van der Waals surface area (Å²) in [6.07, 6.45) is 10.6. The Bertz CT molecular complexity index is 1060. The number of hydrogen-bond acceptors (Lipinski definition) is 4. The molecule has 0 aliphatic carbocycles. The molecule has 4 aromatic rings. The van der Waals surface area contributed by atoms with Crippen LogP contribution in [0.3, 0.4) is 0 Å². The van der Waals surface area contributed by atoms with Crippen molar-refractivity contribution in [3.8, 4) is 5.75 Å². The van der Waals surface area contributed by atoms with Crippen molar-refractivity contribution in [2.24, 2.45) is 0 Å². The zero-order valence-corrected chi connectivity index (χ0v) is 17.2. The lowest BCUT2D eigenvalue weighted by molar-refractivity contribution is 0.468. The van der Waals surface area contributed by atoms with Gasteiger partial charge in [0.1, 0.15) is 18.4 Å². The van der Waals surface area contributed by atoms with Gasteiger partial charge in [-0.1, -0.05) is 29.8 Å². The molecule has 0 amide bonds. The number of halogens is 1. The number of phenols is 1. The highest BCUT2D eigenvalue weighted by Gasteiger charge is 2.31. The second-order valence-corrected chi connectivity index (χ2v) is 10.4. The van der Waals surface area contributed by atoms with Crippen molar-refractivity contribution in [3.05, 3.63) is 96.6 Å². The number of aromatic hydroxyl groups is 1. The minimum absolute atomic E-state index is 0.222. The average Bonchev–Trinajstić information content (AvgIpc) is 3.42. The summed E-state index contributed by atoms with van der Waals surface area (Å²) in [6, 6.07) is 14.8. The van der Waals surface area contributed by atoms with Gasteiger partial charge in [0.05, 0.1) is 6.54 Å². The molecule has 2 aromatic carbocycles. The van der Waals surface area contributed by atoms with E-state index < -0.39 is 6.49 Å². The smallest absolute Gasteiger partial charge is 0.229 e. The van der Waals surface area contributed by atoms with Gasteiger partial charge in [0.2, 0.25) is 6.49 Å². The lowest BCUT2D eigenvalue weighted by atomic mass is 10.2. The molecule has 0 atom stereocenters. The molecule has 2 heterocycles. The molecule has 0 fully saturated rings. The summed E-state index contributed by atoms with van der Waals surface area (Å²) in [7, 11) is 0. The van der Waals surface area contributed by atoms with Crippen LogP contribution in [0.25, 0.3) is 0 Å². The largest absolute Gasteiger partial charge is 0.508 e. The molecular weight excluding hydrogens is 413 g/mol. The van der Waals surface area contributed by atoms with E-state index in [4.69, 9.17) is 23.4 Å². The summed E-state index contributed by atoms with van der Waals surface area (Å²) in [4.78, 5) is 8.41. The highest BCUT2D eigenvalue weighted by molar-refractivity contribution is 8.13. The molecule has 142 valence electrons. The molecule has 0 aliphatic heterocycles. The molecule has 0 aliphatic rings. The molecule has 28 heavy (non-hydrogen) atoms. The second-order valence-electron chi connectivity index (χ2n) is 6.06. The summed E-state index contributed by atoms with van der Waals surface area (Å²) in [5.74, 6) is 0.222. The molecule has 1 N–H and O–H groups in total. The Labute approximate surface area is 172 Å². The summed E-state index contributed by atoms with van der Waals surface area (Å²) in [6.45, 7) is -2.24. The van der Waals surface area contributed by atoms with Gasteiger partial charge in [-0.05, 0) is 42.1 Å². The molecule has 0 unspecified atom stereocenters. The van der Waals surface area contributed by atoms with Crippen LogP contribution in [0.4, 0.5) is 5.69 Å². The predicted octanol–water partition coefficient (Wildman–Crippen LogP) is 4.77. The van der Waals surface area contributed by atoms with Crippen LogP contribution < -0.4 is 4.67 Å². The zero-order chi connectivity index (χ0) is 19.6. The molecule has 6 nitrogen and oxygen atoms in total. The van der Waals surface area contributed by atoms with Crippen molar-refractivity contribution in [2.45, 2.75) is 6.54 Å². The van der Waals surface area contributed by atoms with Crippen molar-refractivity contribution in [3.63, 3.8) is 0 Å². The first-order chi connectivity index (χ1) is 13.6. The number of imidazole rings is 2. The number of aromatic nitrogens is 4. The van der Waals surface area contributed by atoms with Crippen LogP contribution in [-0.2, 0) is 18.4 Å². The van der Waals surface area contributed by atoms with Gasteiger partial charge in [0.25, 0.3) is 0 Å². The fourth-order valence-corrected chi connectivity index (χ4v) is 6.46. The maximum atomic E-state index is 10.4. The van der Waals surface area contributed by atoms with Crippen LogP contribution >= 0.6 is 18.1 Å². The average molecular weight is 430 g/mol. The number of phenolic OH excluding ortho intramolecular Hbond substituents is 1. The third-order valence-corrected chi connectivity index (χ3v) is 8.99. The fourth-order valence-electron chi connectivity index (χ4n) is 2.93. The van der Waals surface area contributed by atoms with E-state index in [2.05, 4.69) is 14.6 Å². The van der Waals surface area contributed by atoms with Crippen molar-refractivity contribution >= 4 is 35.6 Å². The summed E-state index contributed by atoms with van der Waals surface area (Å²) in [5.41, 5.74) is 1.66. The lowest BCUT2D eigenvalue weighted by Crippen LogP contribution is -2.26. The third-order valence-electron chi connectivity index (χ3n) is 4.33. The maximum absolute atomic E-state index is 10.4. The number of benzene rings is 2. The van der Waals surface area contributed by atoms with E-state index in [1.165, 1.54) is 0 Å². The number of nitrogens with zero attached hydrogens (tertiary/aromatic N) is 5. The highest BCUT2D eigenvalue weighted by atomic mass is 35.5. The SMILES string of the molecule is Oc1ccccc1CN(c1ccc(Cl)cc1)P(=S)(n1ccnc1)n1ccnc1. The van der Waals surface area contributed by atoms with Gasteiger partial charge in [-0.3, -0.25) is 8.68 Å².